The van der Waals surface area contributed by atoms with Gasteiger partial charge in [0.1, 0.15) is 0 Å². The summed E-state index contributed by atoms with van der Waals surface area (Å²) >= 11 is 0. The van der Waals surface area contributed by atoms with E-state index in [9.17, 15) is 0 Å². The van der Waals surface area contributed by atoms with Crippen molar-refractivity contribution in [3.8, 4) is 22.3 Å². The zero-order valence-electron chi connectivity index (χ0n) is 22.6. The molecule has 0 saturated carbocycles. The van der Waals surface area contributed by atoms with Gasteiger partial charge in [0.15, 0.2) is 0 Å². The topological polar surface area (TPSA) is 26.3 Å². The Morgan fingerprint density at radius 2 is 1.06 bits per heavy atom. The summed E-state index contributed by atoms with van der Waals surface area (Å²) in [6.07, 6.45) is 0. The van der Waals surface area contributed by atoms with Gasteiger partial charge in [0.25, 0.3) is 0 Å². The van der Waals surface area contributed by atoms with E-state index >= 15 is 0 Å². The van der Waals surface area contributed by atoms with Gasteiger partial charge in [0.05, 0.1) is 0 Å². The molecule has 0 unspecified atom stereocenters. The summed E-state index contributed by atoms with van der Waals surface area (Å²) < 4.78 is 11.2. The van der Waals surface area contributed by atoms with Crippen molar-refractivity contribution in [1.82, 2.24) is 0 Å². The molecular weight excluding hydrogens is 416 g/mol. The normalized spacial score (nSPS) is 12.9. The van der Waals surface area contributed by atoms with Gasteiger partial charge in [0, 0.05) is 5.56 Å². The molecule has 0 spiro atoms. The van der Waals surface area contributed by atoms with E-state index in [1.807, 2.05) is 0 Å². The highest BCUT2D eigenvalue weighted by Crippen LogP contribution is 2.49. The number of fused-ring (bicyclic) bond motifs is 1. The molecule has 1 heterocycles. The van der Waals surface area contributed by atoms with Crippen LogP contribution in [0.3, 0.4) is 0 Å². The average molecular weight is 457 g/mol. The second-order valence-electron chi connectivity index (χ2n) is 12.3. The lowest BCUT2D eigenvalue weighted by Gasteiger charge is -2.30. The van der Waals surface area contributed by atoms with Crippen molar-refractivity contribution in [3.05, 3.63) is 70.8 Å². The SMILES string of the molecule is CC(C)c1cccc(C(C)(C)C)c1-c1ccc2ooc2c1-c1c(C(C)C)cccc1C(C)(C)C. The van der Waals surface area contributed by atoms with Gasteiger partial charge in [-0.15, -0.1) is 0 Å². The predicted molar refractivity (Wildman–Crippen MR) is 145 cm³/mol. The van der Waals surface area contributed by atoms with Crippen LogP contribution in [-0.4, -0.2) is 0 Å². The number of rotatable bonds is 4. The Kier molecular flexibility index (Phi) is 6.09. The first-order valence-electron chi connectivity index (χ1n) is 12.6. The van der Waals surface area contributed by atoms with Gasteiger partial charge in [-0.3, -0.25) is 9.15 Å². The molecule has 0 aliphatic rings. The lowest BCUT2D eigenvalue weighted by Crippen LogP contribution is -2.16. The Bertz CT molecular complexity index is 1310. The summed E-state index contributed by atoms with van der Waals surface area (Å²) in [4.78, 5) is 0. The second-order valence-corrected chi connectivity index (χ2v) is 12.3. The molecule has 0 amide bonds. The van der Waals surface area contributed by atoms with E-state index in [4.69, 9.17) is 9.15 Å². The molecule has 0 aliphatic heterocycles. The number of hydrogen-bond donors (Lipinski definition) is 0. The van der Waals surface area contributed by atoms with E-state index in [1.54, 1.807) is 0 Å². The third-order valence-corrected chi connectivity index (χ3v) is 6.91. The molecule has 0 saturated heterocycles. The second kappa shape index (κ2) is 8.48. The summed E-state index contributed by atoms with van der Waals surface area (Å²) in [5.41, 5.74) is 12.1. The highest BCUT2D eigenvalue weighted by atomic mass is 17.0. The summed E-state index contributed by atoms with van der Waals surface area (Å²) in [5, 5.41) is 0. The third kappa shape index (κ3) is 4.13. The van der Waals surface area contributed by atoms with Crippen LogP contribution in [0, 0.1) is 0 Å². The van der Waals surface area contributed by atoms with Crippen LogP contribution in [0.25, 0.3) is 33.4 Å². The van der Waals surface area contributed by atoms with Crippen molar-refractivity contribution >= 4 is 11.2 Å². The van der Waals surface area contributed by atoms with Gasteiger partial charge in [-0.25, -0.2) is 0 Å². The lowest BCUT2D eigenvalue weighted by atomic mass is 9.73. The quantitative estimate of drug-likeness (QED) is 0.285. The summed E-state index contributed by atoms with van der Waals surface area (Å²) in [7, 11) is 0. The molecule has 0 atom stereocenters. The van der Waals surface area contributed by atoms with Crippen LogP contribution >= 0.6 is 0 Å². The van der Waals surface area contributed by atoms with Crippen LogP contribution in [0.1, 0.15) is 103 Å². The third-order valence-electron chi connectivity index (χ3n) is 6.91. The van der Waals surface area contributed by atoms with Gasteiger partial charge >= 0.3 is 0 Å². The fraction of sp³-hybridized carbons (Fsp3) is 0.438. The highest BCUT2D eigenvalue weighted by molar-refractivity contribution is 6.02. The fourth-order valence-electron chi connectivity index (χ4n) is 5.15. The zero-order chi connectivity index (χ0) is 25.0. The summed E-state index contributed by atoms with van der Waals surface area (Å²) in [5.74, 6) is 0.778. The van der Waals surface area contributed by atoms with E-state index in [1.165, 1.54) is 38.9 Å². The van der Waals surface area contributed by atoms with Crippen LogP contribution in [-0.2, 0) is 10.8 Å². The van der Waals surface area contributed by atoms with Crippen molar-refractivity contribution in [1.29, 1.82) is 0 Å². The largest absolute Gasteiger partial charge is 0.286 e. The Morgan fingerprint density at radius 3 is 1.50 bits per heavy atom. The summed E-state index contributed by atoms with van der Waals surface area (Å²) in [6, 6.07) is 17.9. The average Bonchev–Trinajstić information content (AvgIpc) is 2.71. The maximum atomic E-state index is 5.75. The predicted octanol–water partition coefficient (Wildman–Crippen LogP) is 10.2. The molecule has 1 aromatic heterocycles. The minimum absolute atomic E-state index is 0.00222. The monoisotopic (exact) mass is 456 g/mol. The van der Waals surface area contributed by atoms with E-state index in [-0.39, 0.29) is 10.8 Å². The molecule has 2 nitrogen and oxygen atoms in total. The van der Waals surface area contributed by atoms with Crippen molar-refractivity contribution < 1.29 is 9.15 Å². The van der Waals surface area contributed by atoms with Crippen molar-refractivity contribution in [3.63, 3.8) is 0 Å². The van der Waals surface area contributed by atoms with E-state index in [0.29, 0.717) is 11.8 Å². The molecule has 0 fully saturated rings. The Hall–Kier alpha value is -2.74. The van der Waals surface area contributed by atoms with Gasteiger partial charge in [0.2, 0.25) is 11.2 Å². The molecule has 0 N–H and O–H groups in total. The van der Waals surface area contributed by atoms with Crippen LogP contribution in [0.15, 0.2) is 57.7 Å². The smallest absolute Gasteiger partial charge is 0.234 e. The number of benzene rings is 3. The molecule has 180 valence electrons. The highest BCUT2D eigenvalue weighted by Gasteiger charge is 2.31. The minimum Gasteiger partial charge on any atom is -0.286 e. The Labute approximate surface area is 205 Å². The van der Waals surface area contributed by atoms with Gasteiger partial charge in [-0.05, 0) is 73.7 Å². The van der Waals surface area contributed by atoms with E-state index < -0.39 is 0 Å². The standard InChI is InChI=1S/C32H40O2/c1-19(2)21-13-11-15-24(31(5,6)7)27(21)23-17-18-26-30(34-33-26)29(23)28-22(20(3)4)14-12-16-25(28)32(8,9)10/h11-20H,1-10H3. The molecular formula is C32H40O2. The van der Waals surface area contributed by atoms with Crippen LogP contribution in [0.4, 0.5) is 0 Å². The van der Waals surface area contributed by atoms with Crippen LogP contribution in [0.5, 0.6) is 0 Å². The fourth-order valence-corrected chi connectivity index (χ4v) is 5.15. The van der Waals surface area contributed by atoms with Crippen molar-refractivity contribution in [2.24, 2.45) is 0 Å². The van der Waals surface area contributed by atoms with E-state index in [2.05, 4.69) is 118 Å². The molecule has 4 aromatic rings. The lowest BCUT2D eigenvalue weighted by molar-refractivity contribution is 0.0595. The first-order valence-corrected chi connectivity index (χ1v) is 12.6. The molecule has 3 aromatic carbocycles. The molecule has 2 heteroatoms. The Balaban J connectivity index is 2.22. The molecule has 4 rings (SSSR count). The number of hydrogen-bond acceptors (Lipinski definition) is 2. The first-order chi connectivity index (χ1) is 15.8. The van der Waals surface area contributed by atoms with Gasteiger partial charge in [-0.2, -0.15) is 0 Å². The molecule has 0 radical (unpaired) electrons. The van der Waals surface area contributed by atoms with Gasteiger partial charge in [-0.1, -0.05) is 106 Å². The van der Waals surface area contributed by atoms with Crippen molar-refractivity contribution in [2.75, 3.05) is 0 Å². The Morgan fingerprint density at radius 1 is 0.559 bits per heavy atom. The van der Waals surface area contributed by atoms with Crippen LogP contribution in [0.2, 0.25) is 0 Å². The van der Waals surface area contributed by atoms with Crippen LogP contribution < -0.4 is 0 Å². The summed E-state index contributed by atoms with van der Waals surface area (Å²) in [6.45, 7) is 22.9. The zero-order valence-corrected chi connectivity index (χ0v) is 22.6. The first kappa shape index (κ1) is 24.4. The van der Waals surface area contributed by atoms with Gasteiger partial charge < -0.3 is 0 Å². The van der Waals surface area contributed by atoms with E-state index in [0.717, 1.165) is 16.7 Å². The molecule has 0 aliphatic carbocycles. The minimum atomic E-state index is -0.0186. The molecule has 0 bridgehead atoms. The molecule has 34 heavy (non-hydrogen) atoms. The maximum absolute atomic E-state index is 5.75. The van der Waals surface area contributed by atoms with Crippen molar-refractivity contribution in [2.45, 2.75) is 91.9 Å². The maximum Gasteiger partial charge on any atom is 0.234 e.